The van der Waals surface area contributed by atoms with Gasteiger partial charge in [0, 0.05) is 26.2 Å². The van der Waals surface area contributed by atoms with Crippen LogP contribution in [0.2, 0.25) is 0 Å². The summed E-state index contributed by atoms with van der Waals surface area (Å²) < 4.78 is 1.03. The molecule has 0 amide bonds. The quantitative estimate of drug-likeness (QED) is 0.132. The molecule has 2 nitrogen and oxygen atoms in total. The van der Waals surface area contributed by atoms with Crippen LogP contribution in [-0.2, 0) is 51.4 Å². The number of benzene rings is 4. The summed E-state index contributed by atoms with van der Waals surface area (Å²) in [4.78, 5) is 4.07. The third-order valence-corrected chi connectivity index (χ3v) is 6.41. The second-order valence-electron chi connectivity index (χ2n) is 8.19. The van der Waals surface area contributed by atoms with Gasteiger partial charge in [-0.2, -0.15) is 0 Å². The predicted molar refractivity (Wildman–Crippen MR) is 170 cm³/mol. The molecule has 0 aliphatic heterocycles. The van der Waals surface area contributed by atoms with Gasteiger partial charge < -0.3 is 59.5 Å². The van der Waals surface area contributed by atoms with E-state index < -0.39 is 0 Å². The topological polar surface area (TPSA) is 6.48 Å². The van der Waals surface area contributed by atoms with Gasteiger partial charge in [-0.15, -0.1) is 0 Å². The number of nitrogens with zero attached hydrogens (tertiary/aromatic N) is 2. The molecule has 0 saturated heterocycles. The zero-order chi connectivity index (χ0) is 25.6. The molecule has 0 aliphatic rings. The molecule has 184 valence electrons. The molecule has 37 heavy (non-hydrogen) atoms. The van der Waals surface area contributed by atoms with Crippen LogP contribution in [0.4, 0.5) is 0 Å². The molecule has 4 rings (SSSR count). The van der Waals surface area contributed by atoms with Crippen molar-refractivity contribution >= 4 is 81.4 Å². The van der Waals surface area contributed by atoms with Crippen molar-refractivity contribution in [2.75, 3.05) is 0 Å². The van der Waals surface area contributed by atoms with E-state index in [1.165, 1.54) is 22.3 Å². The summed E-state index contributed by atoms with van der Waals surface area (Å²) >= 11 is 20.6. The van der Waals surface area contributed by atoms with E-state index in [4.69, 9.17) is 49.7 Å². The van der Waals surface area contributed by atoms with Crippen LogP contribution in [-0.4, -0.2) is 41.5 Å². The molecule has 0 radical (unpaired) electrons. The van der Waals surface area contributed by atoms with Crippen molar-refractivity contribution in [3.8, 4) is 0 Å². The first-order valence-corrected chi connectivity index (χ1v) is 13.2. The van der Waals surface area contributed by atoms with E-state index in [1.54, 1.807) is 0 Å². The van der Waals surface area contributed by atoms with Gasteiger partial charge in [0.1, 0.15) is 0 Å². The molecule has 0 N–H and O–H groups in total. The van der Waals surface area contributed by atoms with Crippen LogP contribution in [0.1, 0.15) is 22.3 Å². The molecule has 0 fully saturated rings. The normalized spacial score (nSPS) is 9.73. The third-order valence-electron chi connectivity index (χ3n) is 5.38. The van der Waals surface area contributed by atoms with Gasteiger partial charge in [-0.25, -0.2) is 0 Å². The van der Waals surface area contributed by atoms with Gasteiger partial charge in [0.15, 0.2) is 0 Å². The van der Waals surface area contributed by atoms with Crippen LogP contribution in [0.15, 0.2) is 121 Å². The Kier molecular flexibility index (Phi) is 14.6. The summed E-state index contributed by atoms with van der Waals surface area (Å²) in [6.45, 7) is 3.05. The Hall–Kier alpha value is -2.13. The summed E-state index contributed by atoms with van der Waals surface area (Å²) in [5.74, 6) is 0. The maximum atomic E-state index is 5.16. The fraction of sp³-hybridized carbons (Fsp3) is 0.133. The second kappa shape index (κ2) is 17.4. The Morgan fingerprint density at radius 3 is 0.784 bits per heavy atom. The minimum atomic E-state index is 0. The molecule has 7 heteroatoms. The van der Waals surface area contributed by atoms with E-state index in [0.29, 0.717) is 8.64 Å². The SMILES string of the molecule is S=C([S-])N(Cc1ccccc1)Cc1ccccc1.S=C([S-])N(Cc1ccccc1)Cc1ccccc1.[Mg+2]. The number of rotatable bonds is 8. The standard InChI is InChI=1S/2C15H15NS2.Mg/c2*17-15(18)16(11-13-7-3-1-4-8-13)12-14-9-5-2-6-10-14;/h2*1-10H,11-12H2,(H,17,18);/q;;+2/p-2. The van der Waals surface area contributed by atoms with Crippen molar-refractivity contribution < 1.29 is 0 Å². The summed E-state index contributed by atoms with van der Waals surface area (Å²) in [5.41, 5.74) is 4.89. The van der Waals surface area contributed by atoms with Crippen molar-refractivity contribution in [3.05, 3.63) is 144 Å². The molecular formula is C30H28MgN2S4. The van der Waals surface area contributed by atoms with Gasteiger partial charge >= 0.3 is 23.1 Å². The van der Waals surface area contributed by atoms with Crippen LogP contribution in [0.25, 0.3) is 0 Å². The molecule has 0 atom stereocenters. The van der Waals surface area contributed by atoms with Gasteiger partial charge in [-0.1, -0.05) is 130 Å². The molecule has 0 aliphatic carbocycles. The fourth-order valence-corrected chi connectivity index (χ4v) is 4.10. The van der Waals surface area contributed by atoms with Gasteiger partial charge in [0.25, 0.3) is 0 Å². The first-order valence-electron chi connectivity index (χ1n) is 11.6. The molecule has 4 aromatic carbocycles. The Bertz CT molecular complexity index is 1010. The molecule has 0 unspecified atom stereocenters. The maximum absolute atomic E-state index is 5.16. The zero-order valence-corrected chi connectivity index (χ0v) is 25.3. The van der Waals surface area contributed by atoms with E-state index in [-0.39, 0.29) is 23.1 Å². The third kappa shape index (κ3) is 11.9. The largest absolute Gasteiger partial charge is 2.00 e. The molecular weight excluding hydrogens is 541 g/mol. The monoisotopic (exact) mass is 568 g/mol. The minimum absolute atomic E-state index is 0. The van der Waals surface area contributed by atoms with E-state index in [1.807, 2.05) is 82.6 Å². The average molecular weight is 569 g/mol. The summed E-state index contributed by atoms with van der Waals surface area (Å²) in [7, 11) is 0. The van der Waals surface area contributed by atoms with Gasteiger partial charge in [0.2, 0.25) is 0 Å². The van der Waals surface area contributed by atoms with Crippen molar-refractivity contribution in [2.24, 2.45) is 0 Å². The molecule has 0 aromatic heterocycles. The Morgan fingerprint density at radius 2 is 0.622 bits per heavy atom. The van der Waals surface area contributed by atoms with Gasteiger partial charge in [0.05, 0.1) is 0 Å². The van der Waals surface area contributed by atoms with E-state index in [0.717, 1.165) is 26.2 Å². The van der Waals surface area contributed by atoms with Gasteiger partial charge in [-0.05, 0) is 22.3 Å². The maximum Gasteiger partial charge on any atom is 2.00 e. The molecule has 0 spiro atoms. The Balaban J connectivity index is 0.000000253. The first-order chi connectivity index (χ1) is 17.5. The van der Waals surface area contributed by atoms with Crippen molar-refractivity contribution in [1.29, 1.82) is 0 Å². The molecule has 0 heterocycles. The summed E-state index contributed by atoms with van der Waals surface area (Å²) in [6, 6.07) is 41.0. The van der Waals surface area contributed by atoms with Crippen molar-refractivity contribution in [3.63, 3.8) is 0 Å². The molecule has 0 bridgehead atoms. The fourth-order valence-electron chi connectivity index (χ4n) is 3.59. The van der Waals surface area contributed by atoms with Crippen molar-refractivity contribution in [1.82, 2.24) is 9.80 Å². The first kappa shape index (κ1) is 31.1. The zero-order valence-electron chi connectivity index (χ0n) is 20.6. The van der Waals surface area contributed by atoms with E-state index in [9.17, 15) is 0 Å². The number of hydrogen-bond donors (Lipinski definition) is 0. The smallest absolute Gasteiger partial charge is 0.411 e. The molecule has 4 aromatic rings. The second-order valence-corrected chi connectivity index (χ2v) is 10.2. The number of thiocarbonyl (C=S) groups is 2. The predicted octanol–water partition coefficient (Wildman–Crippen LogP) is 6.66. The van der Waals surface area contributed by atoms with Crippen LogP contribution in [0.5, 0.6) is 0 Å². The van der Waals surface area contributed by atoms with E-state index in [2.05, 4.69) is 48.5 Å². The van der Waals surface area contributed by atoms with Gasteiger partial charge in [-0.3, -0.25) is 0 Å². The van der Waals surface area contributed by atoms with Crippen LogP contribution in [0, 0.1) is 0 Å². The summed E-state index contributed by atoms with van der Waals surface area (Å²) in [5, 5.41) is 0. The number of hydrogen-bond acceptors (Lipinski definition) is 4. The molecule has 0 saturated carbocycles. The summed E-state index contributed by atoms with van der Waals surface area (Å²) in [6.07, 6.45) is 0. The van der Waals surface area contributed by atoms with E-state index >= 15 is 0 Å². The minimum Gasteiger partial charge on any atom is -0.411 e. The Morgan fingerprint density at radius 1 is 0.432 bits per heavy atom. The Labute approximate surface area is 259 Å². The van der Waals surface area contributed by atoms with Crippen LogP contribution >= 0.6 is 24.4 Å². The average Bonchev–Trinajstić information content (AvgIpc) is 2.91. The van der Waals surface area contributed by atoms with Crippen LogP contribution in [0.3, 0.4) is 0 Å². The van der Waals surface area contributed by atoms with Crippen LogP contribution < -0.4 is 0 Å². The van der Waals surface area contributed by atoms with Crippen molar-refractivity contribution in [2.45, 2.75) is 26.2 Å².